The van der Waals surface area contributed by atoms with Crippen LogP contribution >= 0.6 is 11.3 Å². The summed E-state index contributed by atoms with van der Waals surface area (Å²) in [6.45, 7) is 5.12. The third kappa shape index (κ3) is 3.20. The predicted octanol–water partition coefficient (Wildman–Crippen LogP) is 0.738. The maximum absolute atomic E-state index is 13.0. The molecule has 0 saturated carbocycles. The number of nitrogens with zero attached hydrogens (tertiary/aromatic N) is 1. The monoisotopic (exact) mass is 379 g/mol. The minimum Gasteiger partial charge on any atom is -0.329 e. The summed E-state index contributed by atoms with van der Waals surface area (Å²) in [5, 5.41) is 1.16. The molecule has 1 aromatic carbocycles. The predicted molar refractivity (Wildman–Crippen MR) is 100 cm³/mol. The van der Waals surface area contributed by atoms with Crippen LogP contribution in [-0.2, 0) is 9.84 Å². The number of benzene rings is 1. The van der Waals surface area contributed by atoms with Crippen molar-refractivity contribution >= 4 is 37.2 Å². The van der Waals surface area contributed by atoms with Crippen molar-refractivity contribution in [2.45, 2.75) is 19.4 Å². The summed E-state index contributed by atoms with van der Waals surface area (Å²) in [7, 11) is -2.84. The van der Waals surface area contributed by atoms with E-state index in [1.165, 1.54) is 4.90 Å². The average Bonchev–Trinajstić information content (AvgIpc) is 3.15. The molecule has 2 fully saturated rings. The number of nitrogens with one attached hydrogen (secondary N) is 1. The standard InChI is InChI=1S/C18H22N2O3S2/c1-13-15-4-2-3-5-16(15)24-17(13)18(21)20-9-7-19(8-10-20)14-6-11-25(22,23)12-14/h2-5,14H,6-12H2,1H3/p+1/t14-/m0/s1. The lowest BCUT2D eigenvalue weighted by molar-refractivity contribution is -0.925. The number of amides is 1. The molecule has 1 aromatic heterocycles. The molecule has 3 heterocycles. The van der Waals surface area contributed by atoms with Gasteiger partial charge in [0.2, 0.25) is 0 Å². The molecule has 4 rings (SSSR count). The Labute approximate surface area is 152 Å². The van der Waals surface area contributed by atoms with Crippen molar-refractivity contribution in [3.05, 3.63) is 34.7 Å². The SMILES string of the molecule is Cc1c(C(=O)N2CC[NH+]([C@H]3CCS(=O)(=O)C3)CC2)sc2ccccc12. The molecule has 7 heteroatoms. The molecule has 5 nitrogen and oxygen atoms in total. The molecule has 1 atom stereocenters. The molecule has 0 bridgehead atoms. The van der Waals surface area contributed by atoms with Crippen LogP contribution in [0.15, 0.2) is 24.3 Å². The van der Waals surface area contributed by atoms with Gasteiger partial charge in [-0.2, -0.15) is 0 Å². The number of hydrogen-bond donors (Lipinski definition) is 1. The van der Waals surface area contributed by atoms with Crippen LogP contribution in [0.25, 0.3) is 10.1 Å². The van der Waals surface area contributed by atoms with E-state index in [1.54, 1.807) is 11.3 Å². The summed E-state index contributed by atoms with van der Waals surface area (Å²) >= 11 is 1.57. The van der Waals surface area contributed by atoms with Crippen molar-refractivity contribution in [3.63, 3.8) is 0 Å². The lowest BCUT2D eigenvalue weighted by atomic mass is 10.1. The second-order valence-electron chi connectivity index (χ2n) is 7.10. The molecular weight excluding hydrogens is 356 g/mol. The van der Waals surface area contributed by atoms with E-state index in [9.17, 15) is 13.2 Å². The fourth-order valence-corrected chi connectivity index (χ4v) is 7.05. The average molecular weight is 380 g/mol. The molecule has 1 N–H and O–H groups in total. The fraction of sp³-hybridized carbons (Fsp3) is 0.500. The molecule has 2 aromatic rings. The number of thiophene rings is 1. The van der Waals surface area contributed by atoms with Crippen LogP contribution in [0, 0.1) is 6.92 Å². The Bertz CT molecular complexity index is 912. The third-order valence-electron chi connectivity index (χ3n) is 5.54. The molecule has 0 radical (unpaired) electrons. The van der Waals surface area contributed by atoms with Crippen molar-refractivity contribution in [2.24, 2.45) is 0 Å². The Morgan fingerprint density at radius 1 is 1.24 bits per heavy atom. The van der Waals surface area contributed by atoms with Gasteiger partial charge in [0.05, 0.1) is 36.8 Å². The second-order valence-corrected chi connectivity index (χ2v) is 10.4. The van der Waals surface area contributed by atoms with E-state index in [1.807, 2.05) is 24.0 Å². The van der Waals surface area contributed by atoms with Crippen LogP contribution < -0.4 is 4.90 Å². The smallest absolute Gasteiger partial charge is 0.264 e. The number of sulfone groups is 1. The van der Waals surface area contributed by atoms with Gasteiger partial charge in [-0.05, 0) is 23.9 Å². The van der Waals surface area contributed by atoms with Gasteiger partial charge in [0, 0.05) is 11.1 Å². The summed E-state index contributed by atoms with van der Waals surface area (Å²) in [4.78, 5) is 17.1. The minimum absolute atomic E-state index is 0.122. The second kappa shape index (κ2) is 6.37. The van der Waals surface area contributed by atoms with E-state index in [4.69, 9.17) is 0 Å². The highest BCUT2D eigenvalue weighted by atomic mass is 32.2. The number of rotatable bonds is 2. The van der Waals surface area contributed by atoms with Gasteiger partial charge >= 0.3 is 0 Å². The van der Waals surface area contributed by atoms with Crippen molar-refractivity contribution in [3.8, 4) is 0 Å². The van der Waals surface area contributed by atoms with E-state index < -0.39 is 9.84 Å². The van der Waals surface area contributed by atoms with Crippen LogP contribution in [0.5, 0.6) is 0 Å². The van der Waals surface area contributed by atoms with Crippen molar-refractivity contribution in [1.82, 2.24) is 4.90 Å². The van der Waals surface area contributed by atoms with Crippen molar-refractivity contribution < 1.29 is 18.1 Å². The largest absolute Gasteiger partial charge is 0.329 e. The van der Waals surface area contributed by atoms with Crippen LogP contribution in [0.2, 0.25) is 0 Å². The molecule has 2 aliphatic heterocycles. The Morgan fingerprint density at radius 3 is 2.60 bits per heavy atom. The summed E-state index contributed by atoms with van der Waals surface area (Å²) in [6.07, 6.45) is 0.765. The molecule has 25 heavy (non-hydrogen) atoms. The first-order valence-electron chi connectivity index (χ1n) is 8.77. The summed E-state index contributed by atoms with van der Waals surface area (Å²) in [5.41, 5.74) is 1.07. The van der Waals surface area contributed by atoms with Gasteiger partial charge in [-0.3, -0.25) is 4.79 Å². The minimum atomic E-state index is -2.84. The van der Waals surface area contributed by atoms with Gasteiger partial charge < -0.3 is 9.80 Å². The van der Waals surface area contributed by atoms with E-state index in [2.05, 4.69) is 12.1 Å². The van der Waals surface area contributed by atoms with Crippen molar-refractivity contribution in [2.75, 3.05) is 37.7 Å². The van der Waals surface area contributed by atoms with Crippen molar-refractivity contribution in [1.29, 1.82) is 0 Å². The van der Waals surface area contributed by atoms with Gasteiger partial charge in [0.25, 0.3) is 5.91 Å². The third-order valence-corrected chi connectivity index (χ3v) is 8.57. The molecule has 2 saturated heterocycles. The maximum atomic E-state index is 13.0. The van der Waals surface area contributed by atoms with Crippen LogP contribution in [0.4, 0.5) is 0 Å². The number of aryl methyl sites for hydroxylation is 1. The quantitative estimate of drug-likeness (QED) is 0.837. The first kappa shape index (κ1) is 17.0. The highest BCUT2D eigenvalue weighted by molar-refractivity contribution is 7.91. The van der Waals surface area contributed by atoms with Crippen LogP contribution in [0.1, 0.15) is 21.7 Å². The van der Waals surface area contributed by atoms with Gasteiger partial charge in [-0.1, -0.05) is 18.2 Å². The highest BCUT2D eigenvalue weighted by Gasteiger charge is 2.37. The Morgan fingerprint density at radius 2 is 1.96 bits per heavy atom. The normalized spacial score (nSPS) is 24.0. The number of carbonyl (C=O) groups excluding carboxylic acids is 1. The number of fused-ring (bicyclic) bond motifs is 1. The number of quaternary nitrogens is 1. The fourth-order valence-electron chi connectivity index (χ4n) is 4.04. The van der Waals surface area contributed by atoms with E-state index in [-0.39, 0.29) is 11.9 Å². The molecule has 0 unspecified atom stereocenters. The van der Waals surface area contributed by atoms with E-state index in [0.29, 0.717) is 24.6 Å². The summed E-state index contributed by atoms with van der Waals surface area (Å²) in [6, 6.07) is 8.36. The topological polar surface area (TPSA) is 58.9 Å². The van der Waals surface area contributed by atoms with Gasteiger partial charge in [-0.15, -0.1) is 11.3 Å². The maximum Gasteiger partial charge on any atom is 0.264 e. The van der Waals surface area contributed by atoms with E-state index in [0.717, 1.165) is 40.0 Å². The highest BCUT2D eigenvalue weighted by Crippen LogP contribution is 2.31. The first-order chi connectivity index (χ1) is 11.9. The molecule has 1 amide bonds. The zero-order valence-electron chi connectivity index (χ0n) is 14.3. The summed E-state index contributed by atoms with van der Waals surface area (Å²) in [5.74, 6) is 0.757. The van der Waals surface area contributed by atoms with Crippen LogP contribution in [-0.4, -0.2) is 63.0 Å². The van der Waals surface area contributed by atoms with E-state index >= 15 is 0 Å². The van der Waals surface area contributed by atoms with Gasteiger partial charge in [-0.25, -0.2) is 8.42 Å². The molecule has 134 valence electrons. The molecular formula is C18H23N2O3S2+. The molecule has 2 aliphatic rings. The molecule has 0 spiro atoms. The summed E-state index contributed by atoms with van der Waals surface area (Å²) < 4.78 is 24.5. The first-order valence-corrected chi connectivity index (χ1v) is 11.4. The Kier molecular flexibility index (Phi) is 4.33. The van der Waals surface area contributed by atoms with Crippen LogP contribution in [0.3, 0.4) is 0 Å². The zero-order chi connectivity index (χ0) is 17.6. The zero-order valence-corrected chi connectivity index (χ0v) is 16.0. The Hall–Kier alpha value is -1.44. The Balaban J connectivity index is 1.45. The number of carbonyl (C=O) groups is 1. The number of hydrogen-bond acceptors (Lipinski definition) is 4. The van der Waals surface area contributed by atoms with Gasteiger partial charge in [0.1, 0.15) is 11.8 Å². The molecule has 0 aliphatic carbocycles. The van der Waals surface area contributed by atoms with Gasteiger partial charge in [0.15, 0.2) is 9.84 Å². The lowest BCUT2D eigenvalue weighted by Crippen LogP contribution is -3.18. The number of piperazine rings is 1. The lowest BCUT2D eigenvalue weighted by Gasteiger charge is -2.34.